The topological polar surface area (TPSA) is 80.0 Å². The minimum absolute atomic E-state index is 0.0385. The van der Waals surface area contributed by atoms with Crippen molar-refractivity contribution in [1.82, 2.24) is 0 Å². The number of carbonyl (C=O) groups is 2. The first-order chi connectivity index (χ1) is 16.6. The van der Waals surface area contributed by atoms with Crippen LogP contribution in [-0.2, 0) is 9.59 Å². The maximum Gasteiger partial charge on any atom is 0.300 e. The number of hydrogen-bond donors (Lipinski definition) is 1. The molecule has 1 aliphatic rings. The highest BCUT2D eigenvalue weighted by Gasteiger charge is 2.49. The summed E-state index contributed by atoms with van der Waals surface area (Å²) in [6.45, 7) is 7.89. The molecule has 2 aromatic carbocycles. The van der Waals surface area contributed by atoms with Crippen molar-refractivity contribution in [2.45, 2.75) is 39.7 Å². The summed E-state index contributed by atoms with van der Waals surface area (Å²) in [5.74, 6) is -3.00. The molecule has 0 aliphatic carbocycles. The van der Waals surface area contributed by atoms with E-state index >= 15 is 0 Å². The Morgan fingerprint density at radius 1 is 1.11 bits per heavy atom. The number of aryl methyl sites for hydroxylation is 1. The molecule has 1 N–H and O–H groups in total. The summed E-state index contributed by atoms with van der Waals surface area (Å²) < 4.78 is 40.1. The van der Waals surface area contributed by atoms with E-state index in [2.05, 4.69) is 0 Å². The molecule has 182 valence electrons. The van der Waals surface area contributed by atoms with Crippen LogP contribution in [0.1, 0.15) is 55.4 Å². The van der Waals surface area contributed by atoms with E-state index in [9.17, 15) is 23.5 Å². The predicted molar refractivity (Wildman–Crippen MR) is 126 cm³/mol. The lowest BCUT2D eigenvalue weighted by molar-refractivity contribution is -0.132. The van der Waals surface area contributed by atoms with Crippen molar-refractivity contribution >= 4 is 23.1 Å². The molecule has 0 saturated carbocycles. The molecule has 4 rings (SSSR count). The summed E-state index contributed by atoms with van der Waals surface area (Å²) in [5, 5.41) is 11.3. The molecular weight excluding hydrogens is 456 g/mol. The van der Waals surface area contributed by atoms with Gasteiger partial charge in [-0.15, -0.1) is 0 Å². The van der Waals surface area contributed by atoms with Crippen LogP contribution in [0.5, 0.6) is 5.75 Å². The minimum Gasteiger partial charge on any atom is -0.507 e. The smallest absolute Gasteiger partial charge is 0.300 e. The Kier molecular flexibility index (Phi) is 6.47. The number of anilines is 1. The maximum atomic E-state index is 14.7. The molecule has 1 aromatic heterocycles. The second kappa shape index (κ2) is 9.37. The van der Waals surface area contributed by atoms with Gasteiger partial charge in [-0.2, -0.15) is 0 Å². The summed E-state index contributed by atoms with van der Waals surface area (Å²) in [5.41, 5.74) is 0.362. The standard InChI is InChI=1S/C27H25F2NO5/c1-5-34-21-11-7-16(12-18(21)14(2)3)25(31)23-24(22-10-6-15(4)35-22)30(27(33)26(23)32)20-13-17(28)8-9-19(20)29/h6-14,24,31H,5H2,1-4H3/b25-23-. The van der Waals surface area contributed by atoms with Gasteiger partial charge in [-0.1, -0.05) is 13.8 Å². The number of ketones is 1. The number of halogens is 2. The molecule has 0 spiro atoms. The number of amides is 1. The average Bonchev–Trinajstić information content (AvgIpc) is 3.36. The van der Waals surface area contributed by atoms with Gasteiger partial charge >= 0.3 is 0 Å². The van der Waals surface area contributed by atoms with Crippen molar-refractivity contribution in [2.24, 2.45) is 0 Å². The van der Waals surface area contributed by atoms with E-state index < -0.39 is 40.8 Å². The van der Waals surface area contributed by atoms with Gasteiger partial charge < -0.3 is 14.3 Å². The maximum absolute atomic E-state index is 14.7. The number of Topliss-reactive ketones (excluding diaryl/α,β-unsaturated/α-hetero) is 1. The number of aliphatic hydroxyl groups excluding tert-OH is 1. The van der Waals surface area contributed by atoms with Gasteiger partial charge in [-0.25, -0.2) is 8.78 Å². The third-order valence-corrected chi connectivity index (χ3v) is 5.85. The van der Waals surface area contributed by atoms with Crippen LogP contribution in [0.15, 0.2) is 58.5 Å². The first kappa shape index (κ1) is 24.2. The Bertz CT molecular complexity index is 1340. The van der Waals surface area contributed by atoms with E-state index in [0.29, 0.717) is 18.1 Å². The average molecular weight is 481 g/mol. The largest absolute Gasteiger partial charge is 0.507 e. The number of furan rings is 1. The lowest BCUT2D eigenvalue weighted by Gasteiger charge is -2.24. The molecule has 1 saturated heterocycles. The second-order valence-corrected chi connectivity index (χ2v) is 8.55. The van der Waals surface area contributed by atoms with Crippen LogP contribution in [0, 0.1) is 18.6 Å². The van der Waals surface area contributed by atoms with Crippen molar-refractivity contribution in [2.75, 3.05) is 11.5 Å². The van der Waals surface area contributed by atoms with Crippen molar-refractivity contribution in [3.8, 4) is 5.75 Å². The molecule has 0 bridgehead atoms. The van der Waals surface area contributed by atoms with Crippen molar-refractivity contribution in [3.05, 3.63) is 88.4 Å². The third-order valence-electron chi connectivity index (χ3n) is 5.85. The van der Waals surface area contributed by atoms with E-state index in [4.69, 9.17) is 9.15 Å². The molecule has 2 heterocycles. The Morgan fingerprint density at radius 2 is 1.86 bits per heavy atom. The summed E-state index contributed by atoms with van der Waals surface area (Å²) in [4.78, 5) is 27.1. The van der Waals surface area contributed by atoms with E-state index in [1.54, 1.807) is 31.2 Å². The zero-order valence-corrected chi connectivity index (χ0v) is 19.8. The monoisotopic (exact) mass is 481 g/mol. The Hall–Kier alpha value is -3.94. The van der Waals surface area contributed by atoms with E-state index in [0.717, 1.165) is 28.7 Å². The molecule has 1 amide bonds. The summed E-state index contributed by atoms with van der Waals surface area (Å²) in [6, 6.07) is 9.41. The van der Waals surface area contributed by atoms with Gasteiger partial charge in [0.05, 0.1) is 17.9 Å². The number of rotatable bonds is 6. The van der Waals surface area contributed by atoms with E-state index in [1.807, 2.05) is 20.8 Å². The Morgan fingerprint density at radius 3 is 2.49 bits per heavy atom. The van der Waals surface area contributed by atoms with Gasteiger partial charge in [-0.05, 0) is 67.8 Å². The number of carbonyl (C=O) groups excluding carboxylic acids is 2. The van der Waals surface area contributed by atoms with Gasteiger partial charge in [0.15, 0.2) is 0 Å². The SMILES string of the molecule is CCOc1ccc(/C(O)=C2/C(=O)C(=O)N(c3cc(F)ccc3F)C2c2ccc(C)o2)cc1C(C)C. The fraction of sp³-hybridized carbons (Fsp3) is 0.259. The number of ether oxygens (including phenoxy) is 1. The molecule has 8 heteroatoms. The van der Waals surface area contributed by atoms with E-state index in [-0.39, 0.29) is 22.8 Å². The molecule has 0 radical (unpaired) electrons. The Labute approximate surface area is 201 Å². The molecule has 1 aliphatic heterocycles. The second-order valence-electron chi connectivity index (χ2n) is 8.55. The van der Waals surface area contributed by atoms with Crippen LogP contribution in [0.2, 0.25) is 0 Å². The number of aliphatic hydroxyl groups is 1. The highest BCUT2D eigenvalue weighted by Crippen LogP contribution is 2.44. The first-order valence-electron chi connectivity index (χ1n) is 11.2. The van der Waals surface area contributed by atoms with Crippen molar-refractivity contribution in [3.63, 3.8) is 0 Å². The van der Waals surface area contributed by atoms with Gasteiger partial charge in [-0.3, -0.25) is 14.5 Å². The van der Waals surface area contributed by atoms with Gasteiger partial charge in [0.2, 0.25) is 0 Å². The molecular formula is C27H25F2NO5. The molecule has 6 nitrogen and oxygen atoms in total. The highest BCUT2D eigenvalue weighted by atomic mass is 19.1. The van der Waals surface area contributed by atoms with Gasteiger partial charge in [0.1, 0.15) is 40.7 Å². The zero-order valence-electron chi connectivity index (χ0n) is 19.8. The number of nitrogens with zero attached hydrogens (tertiary/aromatic N) is 1. The third kappa shape index (κ3) is 4.32. The van der Waals surface area contributed by atoms with Crippen LogP contribution in [0.25, 0.3) is 5.76 Å². The molecule has 1 fully saturated rings. The van der Waals surface area contributed by atoms with Crippen LogP contribution in [-0.4, -0.2) is 23.4 Å². The normalized spacial score (nSPS) is 17.5. The molecule has 1 unspecified atom stereocenters. The van der Waals surface area contributed by atoms with Gasteiger partial charge in [0.25, 0.3) is 11.7 Å². The van der Waals surface area contributed by atoms with Crippen LogP contribution >= 0.6 is 0 Å². The van der Waals surface area contributed by atoms with Crippen LogP contribution < -0.4 is 9.64 Å². The lowest BCUT2D eigenvalue weighted by atomic mass is 9.95. The number of benzene rings is 2. The summed E-state index contributed by atoms with van der Waals surface area (Å²) in [7, 11) is 0. The zero-order chi connectivity index (χ0) is 25.4. The van der Waals surface area contributed by atoms with Crippen molar-refractivity contribution in [1.29, 1.82) is 0 Å². The van der Waals surface area contributed by atoms with E-state index in [1.165, 1.54) is 6.07 Å². The summed E-state index contributed by atoms with van der Waals surface area (Å²) in [6.07, 6.45) is 0. The lowest BCUT2D eigenvalue weighted by Crippen LogP contribution is -2.30. The van der Waals surface area contributed by atoms with Gasteiger partial charge in [0, 0.05) is 11.6 Å². The quantitative estimate of drug-likeness (QED) is 0.265. The predicted octanol–water partition coefficient (Wildman–Crippen LogP) is 6.01. The molecule has 35 heavy (non-hydrogen) atoms. The van der Waals surface area contributed by atoms with Crippen molar-refractivity contribution < 1.29 is 32.6 Å². The fourth-order valence-electron chi connectivity index (χ4n) is 4.21. The van der Waals surface area contributed by atoms with Crippen LogP contribution in [0.4, 0.5) is 14.5 Å². The highest BCUT2D eigenvalue weighted by molar-refractivity contribution is 6.51. The van der Waals surface area contributed by atoms with Crippen LogP contribution in [0.3, 0.4) is 0 Å². The minimum atomic E-state index is -1.30. The number of hydrogen-bond acceptors (Lipinski definition) is 5. The summed E-state index contributed by atoms with van der Waals surface area (Å²) >= 11 is 0. The Balaban J connectivity index is 1.94. The molecule has 3 aromatic rings. The molecule has 1 atom stereocenters. The fourth-order valence-corrected chi connectivity index (χ4v) is 4.21. The first-order valence-corrected chi connectivity index (χ1v) is 11.2.